The highest BCUT2D eigenvalue weighted by atomic mass is 79.9. The van der Waals surface area contributed by atoms with E-state index in [0.717, 1.165) is 29.6 Å². The van der Waals surface area contributed by atoms with E-state index < -0.39 is 0 Å². The smallest absolute Gasteiger partial charge is 0.0758 e. The maximum absolute atomic E-state index is 4.53. The summed E-state index contributed by atoms with van der Waals surface area (Å²) in [6.45, 7) is 3.14. The second-order valence-corrected chi connectivity index (χ2v) is 5.69. The van der Waals surface area contributed by atoms with E-state index in [9.17, 15) is 0 Å². The Bertz CT molecular complexity index is 566. The zero-order valence-corrected chi connectivity index (χ0v) is 11.9. The third-order valence-corrected chi connectivity index (χ3v) is 4.29. The van der Waals surface area contributed by atoms with E-state index in [1.807, 2.05) is 12.3 Å². The van der Waals surface area contributed by atoms with Crippen molar-refractivity contribution in [2.45, 2.75) is 12.6 Å². The summed E-state index contributed by atoms with van der Waals surface area (Å²) >= 11 is 3.59. The van der Waals surface area contributed by atoms with Crippen LogP contribution < -0.4 is 5.32 Å². The largest absolute Gasteiger partial charge is 0.314 e. The van der Waals surface area contributed by atoms with Gasteiger partial charge in [0.1, 0.15) is 0 Å². The van der Waals surface area contributed by atoms with Gasteiger partial charge in [-0.05, 0) is 24.7 Å². The van der Waals surface area contributed by atoms with Gasteiger partial charge < -0.3 is 5.32 Å². The predicted octanol–water partition coefficient (Wildman–Crippen LogP) is 2.40. The van der Waals surface area contributed by atoms with Crippen molar-refractivity contribution in [3.63, 3.8) is 0 Å². The fourth-order valence-electron chi connectivity index (χ4n) is 2.31. The van der Waals surface area contributed by atoms with Crippen molar-refractivity contribution >= 4 is 26.8 Å². The molecule has 1 aromatic heterocycles. The molecule has 3 nitrogen and oxygen atoms in total. The fraction of sp³-hybridized carbons (Fsp3) is 0.357. The average molecular weight is 306 g/mol. The van der Waals surface area contributed by atoms with Crippen LogP contribution in [0, 0.1) is 0 Å². The number of hydrogen-bond donors (Lipinski definition) is 1. The Hall–Kier alpha value is -0.970. The number of benzene rings is 1. The number of pyridine rings is 1. The zero-order chi connectivity index (χ0) is 12.5. The molecule has 1 aliphatic rings. The summed E-state index contributed by atoms with van der Waals surface area (Å²) in [6.07, 6.45) is 1.86. The number of likely N-dealkylation sites (N-methyl/N-ethyl adjacent to an activating group) is 1. The second-order valence-electron chi connectivity index (χ2n) is 4.83. The van der Waals surface area contributed by atoms with Crippen LogP contribution in [-0.2, 0) is 6.54 Å². The topological polar surface area (TPSA) is 28.2 Å². The van der Waals surface area contributed by atoms with Crippen molar-refractivity contribution in [2.24, 2.45) is 0 Å². The average Bonchev–Trinajstić information content (AvgIpc) is 2.31. The van der Waals surface area contributed by atoms with Gasteiger partial charge in [0, 0.05) is 41.7 Å². The first-order chi connectivity index (χ1) is 8.75. The Morgan fingerprint density at radius 1 is 1.39 bits per heavy atom. The lowest BCUT2D eigenvalue weighted by Crippen LogP contribution is -2.55. The molecule has 4 heteroatoms. The molecule has 0 atom stereocenters. The number of nitrogens with one attached hydrogen (secondary N) is 1. The molecule has 1 aromatic carbocycles. The SMILES string of the molecule is CN(Cc1ccc(Br)c2cccnc12)C1CNC1. The molecule has 1 fully saturated rings. The van der Waals surface area contributed by atoms with E-state index in [2.05, 4.69) is 56.4 Å². The van der Waals surface area contributed by atoms with Crippen molar-refractivity contribution in [3.8, 4) is 0 Å². The molecular weight excluding hydrogens is 290 g/mol. The van der Waals surface area contributed by atoms with Crippen LogP contribution in [0.1, 0.15) is 5.56 Å². The maximum Gasteiger partial charge on any atom is 0.0758 e. The van der Waals surface area contributed by atoms with Gasteiger partial charge in [0.25, 0.3) is 0 Å². The van der Waals surface area contributed by atoms with Gasteiger partial charge in [0.15, 0.2) is 0 Å². The first-order valence-electron chi connectivity index (χ1n) is 6.19. The quantitative estimate of drug-likeness (QED) is 0.944. The van der Waals surface area contributed by atoms with Crippen molar-refractivity contribution in [1.82, 2.24) is 15.2 Å². The van der Waals surface area contributed by atoms with Gasteiger partial charge in [-0.25, -0.2) is 0 Å². The summed E-state index contributed by atoms with van der Waals surface area (Å²) in [5, 5.41) is 4.50. The zero-order valence-electron chi connectivity index (χ0n) is 10.4. The molecule has 1 aliphatic heterocycles. The van der Waals surface area contributed by atoms with E-state index in [-0.39, 0.29) is 0 Å². The highest BCUT2D eigenvalue weighted by Crippen LogP contribution is 2.26. The fourth-order valence-corrected chi connectivity index (χ4v) is 2.76. The first kappa shape index (κ1) is 12.1. The van der Waals surface area contributed by atoms with E-state index >= 15 is 0 Å². The molecule has 0 amide bonds. The second kappa shape index (κ2) is 4.96. The highest BCUT2D eigenvalue weighted by molar-refractivity contribution is 9.10. The third-order valence-electron chi connectivity index (χ3n) is 3.60. The number of hydrogen-bond acceptors (Lipinski definition) is 3. The molecule has 0 spiro atoms. The number of rotatable bonds is 3. The molecule has 0 aliphatic carbocycles. The molecule has 2 aromatic rings. The summed E-state index contributed by atoms with van der Waals surface area (Å²) in [4.78, 5) is 6.92. The molecule has 0 saturated carbocycles. The van der Waals surface area contributed by atoms with Gasteiger partial charge in [-0.1, -0.05) is 28.1 Å². The van der Waals surface area contributed by atoms with Gasteiger partial charge in [0.2, 0.25) is 0 Å². The molecular formula is C14H16BrN3. The van der Waals surface area contributed by atoms with Crippen molar-refractivity contribution < 1.29 is 0 Å². The number of halogens is 1. The molecule has 0 radical (unpaired) electrons. The summed E-state index contributed by atoms with van der Waals surface area (Å²) in [6, 6.07) is 9.04. The van der Waals surface area contributed by atoms with Crippen molar-refractivity contribution in [3.05, 3.63) is 40.5 Å². The highest BCUT2D eigenvalue weighted by Gasteiger charge is 2.21. The van der Waals surface area contributed by atoms with E-state index in [0.29, 0.717) is 6.04 Å². The molecule has 18 heavy (non-hydrogen) atoms. The van der Waals surface area contributed by atoms with Crippen LogP contribution in [0.15, 0.2) is 34.9 Å². The van der Waals surface area contributed by atoms with Crippen molar-refractivity contribution in [1.29, 1.82) is 0 Å². The Labute approximate surface area is 115 Å². The number of nitrogens with zero attached hydrogens (tertiary/aromatic N) is 2. The van der Waals surface area contributed by atoms with Crippen LogP contribution in [0.4, 0.5) is 0 Å². The number of aromatic nitrogens is 1. The Balaban J connectivity index is 1.94. The minimum atomic E-state index is 0.660. The minimum Gasteiger partial charge on any atom is -0.314 e. The van der Waals surface area contributed by atoms with Crippen LogP contribution in [-0.4, -0.2) is 36.1 Å². The van der Waals surface area contributed by atoms with Gasteiger partial charge in [0.05, 0.1) is 5.52 Å². The Morgan fingerprint density at radius 2 is 2.22 bits per heavy atom. The van der Waals surface area contributed by atoms with E-state index in [4.69, 9.17) is 0 Å². The standard InChI is InChI=1S/C14H16BrN3/c1-18(11-7-16-8-11)9-10-4-5-13(15)12-3-2-6-17-14(10)12/h2-6,11,16H,7-9H2,1H3. The van der Waals surface area contributed by atoms with E-state index in [1.165, 1.54) is 10.9 Å². The molecule has 2 heterocycles. The molecule has 0 unspecified atom stereocenters. The maximum atomic E-state index is 4.53. The normalized spacial score (nSPS) is 16.2. The van der Waals surface area contributed by atoms with Crippen LogP contribution in [0.2, 0.25) is 0 Å². The number of fused-ring (bicyclic) bond motifs is 1. The lowest BCUT2D eigenvalue weighted by molar-refractivity contribution is 0.173. The Kier molecular flexibility index (Phi) is 3.33. The Morgan fingerprint density at radius 3 is 2.94 bits per heavy atom. The van der Waals surface area contributed by atoms with Crippen molar-refractivity contribution in [2.75, 3.05) is 20.1 Å². The van der Waals surface area contributed by atoms with Gasteiger partial charge >= 0.3 is 0 Å². The summed E-state index contributed by atoms with van der Waals surface area (Å²) < 4.78 is 1.11. The first-order valence-corrected chi connectivity index (χ1v) is 6.98. The molecule has 1 saturated heterocycles. The molecule has 1 N–H and O–H groups in total. The lowest BCUT2D eigenvalue weighted by atomic mass is 10.1. The predicted molar refractivity (Wildman–Crippen MR) is 77.6 cm³/mol. The van der Waals surface area contributed by atoms with Gasteiger partial charge in [-0.3, -0.25) is 9.88 Å². The lowest BCUT2D eigenvalue weighted by Gasteiger charge is -2.35. The van der Waals surface area contributed by atoms with Crippen LogP contribution in [0.5, 0.6) is 0 Å². The van der Waals surface area contributed by atoms with Gasteiger partial charge in [-0.2, -0.15) is 0 Å². The van der Waals surface area contributed by atoms with Crippen LogP contribution >= 0.6 is 15.9 Å². The van der Waals surface area contributed by atoms with Crippen LogP contribution in [0.25, 0.3) is 10.9 Å². The summed E-state index contributed by atoms with van der Waals surface area (Å²) in [7, 11) is 2.18. The molecule has 3 rings (SSSR count). The molecule has 94 valence electrons. The summed E-state index contributed by atoms with van der Waals surface area (Å²) in [5.41, 5.74) is 2.40. The third kappa shape index (κ3) is 2.16. The van der Waals surface area contributed by atoms with Gasteiger partial charge in [-0.15, -0.1) is 0 Å². The van der Waals surface area contributed by atoms with E-state index in [1.54, 1.807) is 0 Å². The monoisotopic (exact) mass is 305 g/mol. The minimum absolute atomic E-state index is 0.660. The molecule has 0 bridgehead atoms. The van der Waals surface area contributed by atoms with Crippen LogP contribution in [0.3, 0.4) is 0 Å². The summed E-state index contributed by atoms with van der Waals surface area (Å²) in [5.74, 6) is 0.